The van der Waals surface area contributed by atoms with E-state index in [9.17, 15) is 0 Å². The van der Waals surface area contributed by atoms with E-state index in [0.717, 1.165) is 32.7 Å². The Morgan fingerprint density at radius 1 is 1.29 bits per heavy atom. The molecular formula is C14H27N3. The summed E-state index contributed by atoms with van der Waals surface area (Å²) in [5, 5.41) is 3.47. The highest BCUT2D eigenvalue weighted by Gasteiger charge is 2.09. The molecule has 0 radical (unpaired) electrons. The Morgan fingerprint density at radius 2 is 2.00 bits per heavy atom. The molecule has 1 heterocycles. The Morgan fingerprint density at radius 3 is 2.59 bits per heavy atom. The first kappa shape index (κ1) is 14.3. The Labute approximate surface area is 106 Å². The average Bonchev–Trinajstić information content (AvgIpc) is 2.79. The van der Waals surface area contributed by atoms with Crippen molar-refractivity contribution in [3.63, 3.8) is 0 Å². The molecule has 0 aliphatic carbocycles. The zero-order chi connectivity index (χ0) is 12.7. The fraction of sp³-hybridized carbons (Fsp3) is 0.714. The molecule has 0 saturated heterocycles. The molecule has 0 spiro atoms. The van der Waals surface area contributed by atoms with E-state index in [1.165, 1.54) is 5.69 Å². The number of rotatable bonds is 8. The summed E-state index contributed by atoms with van der Waals surface area (Å²) < 4.78 is 2.37. The van der Waals surface area contributed by atoms with Crippen molar-refractivity contribution in [2.75, 3.05) is 26.2 Å². The molecule has 1 aromatic rings. The maximum absolute atomic E-state index is 3.47. The lowest BCUT2D eigenvalue weighted by atomic mass is 10.2. The van der Waals surface area contributed by atoms with Crippen LogP contribution in [0, 0.1) is 0 Å². The summed E-state index contributed by atoms with van der Waals surface area (Å²) >= 11 is 0. The average molecular weight is 237 g/mol. The monoisotopic (exact) mass is 237 g/mol. The van der Waals surface area contributed by atoms with Gasteiger partial charge in [-0.15, -0.1) is 0 Å². The molecule has 1 rings (SSSR count). The van der Waals surface area contributed by atoms with Gasteiger partial charge in [-0.05, 0) is 38.7 Å². The summed E-state index contributed by atoms with van der Waals surface area (Å²) in [6.07, 6.45) is 2.19. The zero-order valence-corrected chi connectivity index (χ0v) is 11.7. The van der Waals surface area contributed by atoms with Crippen LogP contribution in [0.1, 0.15) is 39.4 Å². The fourth-order valence-corrected chi connectivity index (χ4v) is 2.22. The van der Waals surface area contributed by atoms with Gasteiger partial charge in [0.1, 0.15) is 0 Å². The van der Waals surface area contributed by atoms with Crippen LogP contribution < -0.4 is 5.32 Å². The summed E-state index contributed by atoms with van der Waals surface area (Å²) in [5.41, 5.74) is 1.39. The quantitative estimate of drug-likeness (QED) is 0.749. The van der Waals surface area contributed by atoms with Crippen LogP contribution in [0.2, 0.25) is 0 Å². The van der Waals surface area contributed by atoms with Crippen molar-refractivity contribution in [1.29, 1.82) is 0 Å². The zero-order valence-electron chi connectivity index (χ0n) is 11.7. The predicted molar refractivity (Wildman–Crippen MR) is 74.3 cm³/mol. The van der Waals surface area contributed by atoms with Crippen molar-refractivity contribution in [3.05, 3.63) is 24.0 Å². The second kappa shape index (κ2) is 7.51. The van der Waals surface area contributed by atoms with Crippen molar-refractivity contribution in [1.82, 2.24) is 14.8 Å². The van der Waals surface area contributed by atoms with Gasteiger partial charge in [-0.3, -0.25) is 0 Å². The van der Waals surface area contributed by atoms with Gasteiger partial charge in [-0.2, -0.15) is 0 Å². The minimum atomic E-state index is 0.437. The third kappa shape index (κ3) is 4.17. The summed E-state index contributed by atoms with van der Waals surface area (Å²) in [6, 6.07) is 4.80. The van der Waals surface area contributed by atoms with Gasteiger partial charge in [0.15, 0.2) is 0 Å². The van der Waals surface area contributed by atoms with Gasteiger partial charge in [-0.25, -0.2) is 0 Å². The van der Waals surface area contributed by atoms with E-state index in [4.69, 9.17) is 0 Å². The highest BCUT2D eigenvalue weighted by molar-refractivity contribution is 5.11. The van der Waals surface area contributed by atoms with E-state index in [-0.39, 0.29) is 0 Å². The SMILES string of the molecule is CCNC(C)c1cccn1CCN(CC)CC. The number of nitrogens with one attached hydrogen (secondary N) is 1. The third-order valence-corrected chi connectivity index (χ3v) is 3.37. The van der Waals surface area contributed by atoms with Crippen molar-refractivity contribution in [2.24, 2.45) is 0 Å². The Balaban J connectivity index is 2.56. The first-order valence-electron chi connectivity index (χ1n) is 6.83. The lowest BCUT2D eigenvalue weighted by Gasteiger charge is -2.21. The van der Waals surface area contributed by atoms with Crippen molar-refractivity contribution in [2.45, 2.75) is 40.3 Å². The van der Waals surface area contributed by atoms with Gasteiger partial charge < -0.3 is 14.8 Å². The molecule has 1 N–H and O–H groups in total. The predicted octanol–water partition coefficient (Wildman–Crippen LogP) is 2.50. The molecule has 0 bridgehead atoms. The summed E-state index contributed by atoms with van der Waals surface area (Å²) in [4.78, 5) is 2.46. The molecule has 0 amide bonds. The van der Waals surface area contributed by atoms with Crippen LogP contribution in [0.5, 0.6) is 0 Å². The number of aromatic nitrogens is 1. The summed E-state index contributed by atoms with van der Waals surface area (Å²) in [6.45, 7) is 14.3. The van der Waals surface area contributed by atoms with E-state index < -0.39 is 0 Å². The molecule has 0 saturated carbocycles. The van der Waals surface area contributed by atoms with Crippen LogP contribution in [0.25, 0.3) is 0 Å². The van der Waals surface area contributed by atoms with E-state index in [1.807, 2.05) is 0 Å². The van der Waals surface area contributed by atoms with Gasteiger partial charge in [0.25, 0.3) is 0 Å². The van der Waals surface area contributed by atoms with Gasteiger partial charge in [0, 0.05) is 31.0 Å². The standard InChI is InChI=1S/C14H27N3/c1-5-15-13(4)14-9-8-10-17(14)12-11-16(6-2)7-3/h8-10,13,15H,5-7,11-12H2,1-4H3. The highest BCUT2D eigenvalue weighted by atomic mass is 15.1. The van der Waals surface area contributed by atoms with Crippen molar-refractivity contribution >= 4 is 0 Å². The molecule has 0 fully saturated rings. The van der Waals surface area contributed by atoms with Gasteiger partial charge in [0.05, 0.1) is 0 Å². The largest absolute Gasteiger partial charge is 0.349 e. The number of hydrogen-bond donors (Lipinski definition) is 1. The first-order chi connectivity index (χ1) is 8.22. The molecule has 3 nitrogen and oxygen atoms in total. The molecule has 0 aromatic carbocycles. The molecule has 3 heteroatoms. The van der Waals surface area contributed by atoms with Crippen LogP contribution in [0.4, 0.5) is 0 Å². The van der Waals surface area contributed by atoms with Gasteiger partial charge in [0.2, 0.25) is 0 Å². The van der Waals surface area contributed by atoms with E-state index >= 15 is 0 Å². The molecular weight excluding hydrogens is 210 g/mol. The Kier molecular flexibility index (Phi) is 6.30. The lowest BCUT2D eigenvalue weighted by molar-refractivity contribution is 0.288. The molecule has 1 unspecified atom stereocenters. The highest BCUT2D eigenvalue weighted by Crippen LogP contribution is 2.13. The molecule has 0 aliphatic rings. The van der Waals surface area contributed by atoms with Crippen molar-refractivity contribution in [3.8, 4) is 0 Å². The number of hydrogen-bond acceptors (Lipinski definition) is 2. The van der Waals surface area contributed by atoms with Crippen LogP contribution in [-0.4, -0.2) is 35.6 Å². The van der Waals surface area contributed by atoms with E-state index in [2.05, 4.69) is 60.8 Å². The molecule has 1 aromatic heterocycles. The smallest absolute Gasteiger partial charge is 0.0446 e. The van der Waals surface area contributed by atoms with E-state index in [1.54, 1.807) is 0 Å². The number of likely N-dealkylation sites (N-methyl/N-ethyl adjacent to an activating group) is 1. The maximum Gasteiger partial charge on any atom is 0.0446 e. The summed E-state index contributed by atoms with van der Waals surface area (Å²) in [7, 11) is 0. The molecule has 98 valence electrons. The van der Waals surface area contributed by atoms with Crippen LogP contribution in [-0.2, 0) is 6.54 Å². The maximum atomic E-state index is 3.47. The second-order valence-electron chi connectivity index (χ2n) is 4.43. The summed E-state index contributed by atoms with van der Waals surface area (Å²) in [5.74, 6) is 0. The van der Waals surface area contributed by atoms with Crippen LogP contribution in [0.15, 0.2) is 18.3 Å². The van der Waals surface area contributed by atoms with Crippen molar-refractivity contribution < 1.29 is 0 Å². The van der Waals surface area contributed by atoms with Gasteiger partial charge in [-0.1, -0.05) is 20.8 Å². The molecule has 17 heavy (non-hydrogen) atoms. The first-order valence-corrected chi connectivity index (χ1v) is 6.83. The fourth-order valence-electron chi connectivity index (χ4n) is 2.22. The van der Waals surface area contributed by atoms with Crippen LogP contribution in [0.3, 0.4) is 0 Å². The lowest BCUT2D eigenvalue weighted by Crippen LogP contribution is -2.28. The minimum Gasteiger partial charge on any atom is -0.349 e. The Hall–Kier alpha value is -0.800. The minimum absolute atomic E-state index is 0.437. The molecule has 0 aliphatic heterocycles. The second-order valence-corrected chi connectivity index (χ2v) is 4.43. The number of nitrogens with zero attached hydrogens (tertiary/aromatic N) is 2. The van der Waals surface area contributed by atoms with E-state index in [0.29, 0.717) is 6.04 Å². The normalized spacial score (nSPS) is 13.2. The third-order valence-electron chi connectivity index (χ3n) is 3.37. The Bertz CT molecular complexity index is 302. The van der Waals surface area contributed by atoms with Crippen LogP contribution >= 0.6 is 0 Å². The topological polar surface area (TPSA) is 20.2 Å². The van der Waals surface area contributed by atoms with Gasteiger partial charge >= 0.3 is 0 Å². The molecule has 1 atom stereocenters.